The van der Waals surface area contributed by atoms with Gasteiger partial charge in [-0.1, -0.05) is 81.4 Å². The maximum Gasteiger partial charge on any atom is 0.260 e. The standard InChI is InChI=1S/C22H21N3O4S.C18H21N3O2S.C13H16N4O3S.C11H15N3O4S/c1-28-21-12-17(9-10-20(21)29-15-16-6-3-2-4-7-16)13-25-30(26,27)22-18-8-5-11-23-19(18)14-24-22;1-18(2,3)14-8-6-13(7-9-14)11-21-24(22,23)17-15-5-4-10-19-16(15)12-20-17;1-9(18)16-10-4-6-17(8-10)21(19,20)13-11-3-2-5-14-12(11)7-15-13;1-7(16)10(6-15)14-19(17,18)11-8-3-2-4-12-9(8)5-13-11/h2-12,25H,13-15H2,1H3;4-10,21H,11-12H2,1-3H3;2-3,5,10H,4,6-8H2,1H3,(H,16,18);2-4,7,10,14-16H,5-6H2,1H3/t;;10-;7-,10-/m..11/s1. The van der Waals surface area contributed by atoms with Crippen molar-refractivity contribution in [3.63, 3.8) is 0 Å². The minimum Gasteiger partial charge on any atom is -0.493 e. The van der Waals surface area contributed by atoms with Crippen LogP contribution >= 0.6 is 0 Å². The van der Waals surface area contributed by atoms with Crippen LogP contribution in [-0.4, -0.2) is 139 Å². The maximum atomic E-state index is 12.7. The van der Waals surface area contributed by atoms with E-state index in [1.807, 2.05) is 54.6 Å². The van der Waals surface area contributed by atoms with Crippen LogP contribution in [0.5, 0.6) is 11.5 Å². The molecule has 0 saturated carbocycles. The number of carbonyl (C=O) groups excluding carboxylic acids is 1. The Kier molecular flexibility index (Phi) is 22.5. The molecule has 1 saturated heterocycles. The number of hydrogen-bond donors (Lipinski definition) is 6. The number of ether oxygens (including phenoxy) is 2. The Morgan fingerprint density at radius 1 is 0.596 bits per heavy atom. The molecule has 3 aromatic carbocycles. The summed E-state index contributed by atoms with van der Waals surface area (Å²) >= 11 is 0. The molecule has 9 heterocycles. The highest BCUT2D eigenvalue weighted by Crippen LogP contribution is 2.30. The predicted molar refractivity (Wildman–Crippen MR) is 356 cm³/mol. The first-order chi connectivity index (χ1) is 44.8. The van der Waals surface area contributed by atoms with Gasteiger partial charge in [0.1, 0.15) is 6.61 Å². The van der Waals surface area contributed by atoms with Crippen LogP contribution < -0.4 is 29.0 Å². The van der Waals surface area contributed by atoms with Gasteiger partial charge < -0.3 is 25.0 Å². The Morgan fingerprint density at radius 3 is 1.51 bits per heavy atom. The molecule has 0 aliphatic carbocycles. The summed E-state index contributed by atoms with van der Waals surface area (Å²) in [7, 11) is -13.4. The molecular weight excluding hydrogens is 1290 g/mol. The van der Waals surface area contributed by atoms with Gasteiger partial charge in [-0.05, 0) is 102 Å². The smallest absolute Gasteiger partial charge is 0.260 e. The highest BCUT2D eigenvalue weighted by atomic mass is 32.2. The topological polar surface area (TPSA) is 365 Å². The van der Waals surface area contributed by atoms with E-state index in [9.17, 15) is 43.6 Å². The summed E-state index contributed by atoms with van der Waals surface area (Å²) in [6, 6.07) is 35.6. The third-order valence-corrected chi connectivity index (χ3v) is 21.3. The Balaban J connectivity index is 0.000000150. The average molecular weight is 1360 g/mol. The number of aromatic nitrogens is 4. The molecule has 5 aliphatic rings. The molecule has 1 fully saturated rings. The van der Waals surface area contributed by atoms with Crippen LogP contribution in [-0.2, 0) is 96.2 Å². The van der Waals surface area contributed by atoms with Crippen molar-refractivity contribution in [3.05, 3.63) is 213 Å². The van der Waals surface area contributed by atoms with E-state index in [0.717, 1.165) is 16.7 Å². The van der Waals surface area contributed by atoms with Crippen molar-refractivity contribution in [2.45, 2.75) is 111 Å². The van der Waals surface area contributed by atoms with Crippen LogP contribution in [0.2, 0.25) is 0 Å². The normalized spacial score (nSPS) is 16.3. The monoisotopic (exact) mass is 1360 g/mol. The second kappa shape index (κ2) is 30.3. The lowest BCUT2D eigenvalue weighted by Crippen LogP contribution is -2.46. The van der Waals surface area contributed by atoms with E-state index < -0.39 is 58.8 Å². The highest BCUT2D eigenvalue weighted by molar-refractivity contribution is 8.06. The zero-order valence-corrected chi connectivity index (χ0v) is 55.7. The Bertz CT molecular complexity index is 4490. The zero-order valence-electron chi connectivity index (χ0n) is 52.4. The summed E-state index contributed by atoms with van der Waals surface area (Å²) in [5.74, 6) is 0.982. The summed E-state index contributed by atoms with van der Waals surface area (Å²) in [4.78, 5) is 44.0. The minimum absolute atomic E-state index is 0.0281. The Hall–Kier alpha value is -8.43. The number of hydrogen-bond acceptors (Lipinski definition) is 21. The van der Waals surface area contributed by atoms with Gasteiger partial charge >= 0.3 is 0 Å². The number of aliphatic hydroxyl groups is 2. The SMILES string of the molecule is CC(=O)N[C@@H]1CCN(S(=O)(=O)C2=NCc3ncccc32)C1.CC(C)(C)c1ccc(CNS(=O)(=O)C2=NCc3ncccc32)cc1.COc1cc(CNS(=O)(=O)C2=NCc3ncccc32)ccc1OCc1ccccc1.C[C@@H](O)[C@@H](CO)NS(=O)(=O)C1=NCc2ncccc21. The lowest BCUT2D eigenvalue weighted by molar-refractivity contribution is -0.119. The summed E-state index contributed by atoms with van der Waals surface area (Å²) in [6.45, 7) is 11.3. The van der Waals surface area contributed by atoms with Crippen LogP contribution in [0.15, 0.2) is 166 Å². The second-order valence-electron chi connectivity index (χ2n) is 23.0. The average Bonchev–Trinajstić information content (AvgIpc) is 1.65. The molecule has 7 aromatic rings. The second-order valence-corrected chi connectivity index (χ2v) is 29.9. The van der Waals surface area contributed by atoms with Gasteiger partial charge in [-0.2, -0.15) is 4.31 Å². The van der Waals surface area contributed by atoms with Gasteiger partial charge in [0.15, 0.2) is 31.7 Å². The number of fused-ring (bicyclic) bond motifs is 4. The number of nitrogens with one attached hydrogen (secondary N) is 4. The molecule has 4 aromatic heterocycles. The number of pyridine rings is 4. The summed E-state index contributed by atoms with van der Waals surface area (Å²) in [6.07, 6.45) is 6.09. The highest BCUT2D eigenvalue weighted by Gasteiger charge is 2.39. The number of aliphatic imine (C=N–C) groups is 4. The quantitative estimate of drug-likeness (QED) is 0.0764. The zero-order chi connectivity index (χ0) is 67.4. The van der Waals surface area contributed by atoms with Crippen LogP contribution in [0.3, 0.4) is 0 Å². The van der Waals surface area contributed by atoms with Gasteiger partial charge in [-0.3, -0.25) is 44.7 Å². The van der Waals surface area contributed by atoms with Crippen LogP contribution in [0.1, 0.15) is 108 Å². The van der Waals surface area contributed by atoms with Crippen molar-refractivity contribution in [3.8, 4) is 11.5 Å². The van der Waals surface area contributed by atoms with Gasteiger partial charge in [-0.25, -0.2) is 47.8 Å². The number of amides is 1. The number of nitrogens with zero attached hydrogens (tertiary/aromatic N) is 9. The summed E-state index contributed by atoms with van der Waals surface area (Å²) in [5, 5.41) is 21.3. The molecule has 26 nitrogen and oxygen atoms in total. The largest absolute Gasteiger partial charge is 0.493 e. The van der Waals surface area contributed by atoms with Crippen molar-refractivity contribution in [2.75, 3.05) is 26.8 Å². The van der Waals surface area contributed by atoms with Gasteiger partial charge in [0.25, 0.3) is 40.1 Å². The van der Waals surface area contributed by atoms with E-state index in [2.05, 4.69) is 80.2 Å². The van der Waals surface area contributed by atoms with Gasteiger partial charge in [0.2, 0.25) is 5.91 Å². The van der Waals surface area contributed by atoms with E-state index in [1.54, 1.807) is 98.6 Å². The van der Waals surface area contributed by atoms with Gasteiger partial charge in [0, 0.05) is 86.2 Å². The van der Waals surface area contributed by atoms with Crippen molar-refractivity contribution < 1.29 is 58.2 Å². The first-order valence-electron chi connectivity index (χ1n) is 29.7. The molecule has 496 valence electrons. The van der Waals surface area contributed by atoms with Gasteiger partial charge in [-0.15, -0.1) is 0 Å². The molecule has 1 amide bonds. The lowest BCUT2D eigenvalue weighted by atomic mass is 9.87. The first-order valence-corrected chi connectivity index (χ1v) is 35.6. The Labute approximate surface area is 547 Å². The fourth-order valence-electron chi connectivity index (χ4n) is 10.2. The number of aliphatic hydroxyl groups excluding tert-OH is 2. The fraction of sp³-hybridized carbons (Fsp3) is 0.328. The molecule has 6 N–H and O–H groups in total. The number of rotatable bonds is 16. The molecule has 3 atom stereocenters. The third-order valence-electron chi connectivity index (χ3n) is 15.2. The molecule has 12 rings (SSSR count). The number of sulfonamides is 4. The van der Waals surface area contributed by atoms with Crippen molar-refractivity contribution in [2.24, 2.45) is 20.0 Å². The first kappa shape index (κ1) is 69.9. The fourth-order valence-corrected chi connectivity index (χ4v) is 15.7. The number of methoxy groups -OCH3 is 1. The van der Waals surface area contributed by atoms with E-state index in [0.29, 0.717) is 89.2 Å². The van der Waals surface area contributed by atoms with E-state index in [4.69, 9.17) is 14.6 Å². The summed E-state index contributed by atoms with van der Waals surface area (Å²) in [5.41, 5.74) is 8.83. The van der Waals surface area contributed by atoms with Gasteiger partial charge in [0.05, 0.1) is 74.8 Å². The van der Waals surface area contributed by atoms with E-state index in [-0.39, 0.29) is 70.3 Å². The molecule has 0 unspecified atom stereocenters. The van der Waals surface area contributed by atoms with Crippen LogP contribution in [0.4, 0.5) is 0 Å². The Morgan fingerprint density at radius 2 is 1.05 bits per heavy atom. The van der Waals surface area contributed by atoms with E-state index in [1.165, 1.54) is 23.7 Å². The maximum absolute atomic E-state index is 12.7. The molecule has 0 spiro atoms. The molecule has 0 radical (unpaired) electrons. The summed E-state index contributed by atoms with van der Waals surface area (Å²) < 4.78 is 120. The number of benzene rings is 3. The lowest BCUT2D eigenvalue weighted by Gasteiger charge is -2.19. The van der Waals surface area contributed by atoms with Crippen LogP contribution in [0.25, 0.3) is 0 Å². The molecule has 30 heteroatoms. The van der Waals surface area contributed by atoms with Crippen LogP contribution in [0, 0.1) is 0 Å². The third kappa shape index (κ3) is 17.3. The molecule has 0 bridgehead atoms. The number of carbonyl (C=O) groups is 1. The van der Waals surface area contributed by atoms with Crippen molar-refractivity contribution >= 4 is 66.2 Å². The minimum atomic E-state index is -3.89. The molecule has 5 aliphatic heterocycles. The van der Waals surface area contributed by atoms with Crippen molar-refractivity contribution in [1.29, 1.82) is 0 Å². The predicted octanol–water partition coefficient (Wildman–Crippen LogP) is 4.69. The van der Waals surface area contributed by atoms with Crippen molar-refractivity contribution in [1.82, 2.24) is 43.7 Å². The van der Waals surface area contributed by atoms with E-state index >= 15 is 0 Å². The molecule has 94 heavy (non-hydrogen) atoms. The molecular formula is C64H73N13O13S4.